The molecule has 2 amide bonds. The molecule has 4 nitrogen and oxygen atoms in total. The molecule has 2 saturated heterocycles. The summed E-state index contributed by atoms with van der Waals surface area (Å²) in [6.07, 6.45) is 5.25. The van der Waals surface area contributed by atoms with E-state index in [-0.39, 0.29) is 23.8 Å². The third kappa shape index (κ3) is 3.86. The molecule has 0 N–H and O–H groups in total. The van der Waals surface area contributed by atoms with E-state index in [9.17, 15) is 9.59 Å². The zero-order chi connectivity index (χ0) is 17.2. The van der Waals surface area contributed by atoms with Crippen LogP contribution >= 0.6 is 11.8 Å². The minimum Gasteiger partial charge on any atom is -0.341 e. The van der Waals surface area contributed by atoms with E-state index in [1.54, 1.807) is 11.8 Å². The molecule has 0 bridgehead atoms. The number of hydrogen-bond acceptors (Lipinski definition) is 3. The average Bonchev–Trinajstić information content (AvgIpc) is 3.39. The number of carbonyl (C=O) groups excluding carboxylic acids is 2. The Hall–Kier alpha value is -1.49. The van der Waals surface area contributed by atoms with Crippen LogP contribution in [0, 0.1) is 11.8 Å². The molecular formula is C20H26N2O2S. The Kier molecular flexibility index (Phi) is 5.02. The van der Waals surface area contributed by atoms with Crippen LogP contribution in [0.5, 0.6) is 0 Å². The molecule has 1 atom stereocenters. The smallest absolute Gasteiger partial charge is 0.246 e. The summed E-state index contributed by atoms with van der Waals surface area (Å²) in [6, 6.07) is 10.4. The fourth-order valence-electron chi connectivity index (χ4n) is 3.94. The summed E-state index contributed by atoms with van der Waals surface area (Å²) in [6.45, 7) is 1.67. The molecular weight excluding hydrogens is 332 g/mol. The standard InChI is InChI=1S/C20H26N2O2S/c23-19(17-6-7-17)22-14-25-13-18(22)20(24)21-10-8-16(9-11-21)12-15-4-2-1-3-5-15/h1-5,16-18H,6-14H2. The van der Waals surface area contributed by atoms with Gasteiger partial charge in [-0.25, -0.2) is 0 Å². The summed E-state index contributed by atoms with van der Waals surface area (Å²) in [5, 5.41) is 0. The van der Waals surface area contributed by atoms with Gasteiger partial charge < -0.3 is 9.80 Å². The molecule has 0 spiro atoms. The van der Waals surface area contributed by atoms with Gasteiger partial charge in [0, 0.05) is 24.8 Å². The van der Waals surface area contributed by atoms with Crippen LogP contribution in [-0.4, -0.2) is 52.4 Å². The molecule has 0 aromatic heterocycles. The van der Waals surface area contributed by atoms with Crippen LogP contribution in [-0.2, 0) is 16.0 Å². The van der Waals surface area contributed by atoms with Crippen LogP contribution in [0.15, 0.2) is 30.3 Å². The van der Waals surface area contributed by atoms with Gasteiger partial charge in [-0.3, -0.25) is 9.59 Å². The van der Waals surface area contributed by atoms with Gasteiger partial charge in [0.1, 0.15) is 6.04 Å². The molecule has 25 heavy (non-hydrogen) atoms. The van der Waals surface area contributed by atoms with E-state index < -0.39 is 0 Å². The van der Waals surface area contributed by atoms with Crippen molar-refractivity contribution in [1.29, 1.82) is 0 Å². The maximum absolute atomic E-state index is 12.9. The van der Waals surface area contributed by atoms with Crippen LogP contribution in [0.25, 0.3) is 0 Å². The number of piperidine rings is 1. The largest absolute Gasteiger partial charge is 0.341 e. The van der Waals surface area contributed by atoms with Crippen molar-refractivity contribution in [3.8, 4) is 0 Å². The van der Waals surface area contributed by atoms with Crippen LogP contribution in [0.1, 0.15) is 31.2 Å². The highest BCUT2D eigenvalue weighted by atomic mass is 32.2. The highest BCUT2D eigenvalue weighted by Crippen LogP contribution is 2.35. The van der Waals surface area contributed by atoms with Gasteiger partial charge in [-0.15, -0.1) is 11.8 Å². The maximum Gasteiger partial charge on any atom is 0.246 e. The molecule has 5 heteroatoms. The molecule has 3 aliphatic rings. The van der Waals surface area contributed by atoms with Crippen molar-refractivity contribution < 1.29 is 9.59 Å². The first-order chi connectivity index (χ1) is 12.2. The lowest BCUT2D eigenvalue weighted by molar-refractivity contribution is -0.144. The Labute approximate surface area is 153 Å². The Balaban J connectivity index is 1.31. The molecule has 2 aliphatic heterocycles. The van der Waals surface area contributed by atoms with E-state index in [0.29, 0.717) is 11.8 Å². The van der Waals surface area contributed by atoms with E-state index in [4.69, 9.17) is 0 Å². The quantitative estimate of drug-likeness (QED) is 0.831. The monoisotopic (exact) mass is 358 g/mol. The number of benzene rings is 1. The topological polar surface area (TPSA) is 40.6 Å². The van der Waals surface area contributed by atoms with Crippen molar-refractivity contribution in [2.75, 3.05) is 24.7 Å². The third-order valence-electron chi connectivity index (χ3n) is 5.67. The lowest BCUT2D eigenvalue weighted by Crippen LogP contribution is -2.51. The number of likely N-dealkylation sites (tertiary alicyclic amines) is 1. The van der Waals surface area contributed by atoms with Gasteiger partial charge in [0.25, 0.3) is 0 Å². The number of thioether (sulfide) groups is 1. The van der Waals surface area contributed by atoms with Gasteiger partial charge in [0.05, 0.1) is 5.88 Å². The predicted molar refractivity (Wildman–Crippen MR) is 100 cm³/mol. The van der Waals surface area contributed by atoms with Crippen LogP contribution in [0.2, 0.25) is 0 Å². The molecule has 2 heterocycles. The first-order valence-corrected chi connectivity index (χ1v) is 10.6. The van der Waals surface area contributed by atoms with E-state index in [1.807, 2.05) is 9.80 Å². The summed E-state index contributed by atoms with van der Waals surface area (Å²) in [5.74, 6) is 2.70. The molecule has 1 unspecified atom stereocenters. The number of amides is 2. The molecule has 1 aliphatic carbocycles. The fraction of sp³-hybridized carbons (Fsp3) is 0.600. The summed E-state index contributed by atoms with van der Waals surface area (Å²) < 4.78 is 0. The fourth-order valence-corrected chi connectivity index (χ4v) is 5.10. The normalized spacial score (nSPS) is 24.6. The second-order valence-electron chi connectivity index (χ2n) is 7.56. The Bertz CT molecular complexity index is 624. The van der Waals surface area contributed by atoms with Crippen molar-refractivity contribution in [3.05, 3.63) is 35.9 Å². The SMILES string of the molecule is O=C(C1CSCN1C(=O)C1CC1)N1CCC(Cc2ccccc2)CC1. The zero-order valence-electron chi connectivity index (χ0n) is 14.6. The third-order valence-corrected chi connectivity index (χ3v) is 6.68. The first kappa shape index (κ1) is 17.0. The van der Waals surface area contributed by atoms with Crippen LogP contribution < -0.4 is 0 Å². The van der Waals surface area contributed by atoms with Crippen molar-refractivity contribution in [3.63, 3.8) is 0 Å². The Morgan fingerprint density at radius 1 is 1.00 bits per heavy atom. The van der Waals surface area contributed by atoms with Gasteiger partial charge in [0.2, 0.25) is 11.8 Å². The molecule has 1 aromatic carbocycles. The van der Waals surface area contributed by atoms with Crippen molar-refractivity contribution in [1.82, 2.24) is 9.80 Å². The van der Waals surface area contributed by atoms with E-state index >= 15 is 0 Å². The molecule has 1 aromatic rings. The van der Waals surface area contributed by atoms with Crippen molar-refractivity contribution >= 4 is 23.6 Å². The van der Waals surface area contributed by atoms with Gasteiger partial charge in [-0.05, 0) is 43.6 Å². The number of rotatable bonds is 4. The maximum atomic E-state index is 12.9. The summed E-state index contributed by atoms with van der Waals surface area (Å²) >= 11 is 1.72. The lowest BCUT2D eigenvalue weighted by Gasteiger charge is -2.35. The minimum atomic E-state index is -0.219. The van der Waals surface area contributed by atoms with Crippen LogP contribution in [0.4, 0.5) is 0 Å². The Morgan fingerprint density at radius 2 is 1.72 bits per heavy atom. The van der Waals surface area contributed by atoms with Crippen molar-refractivity contribution in [2.24, 2.45) is 11.8 Å². The van der Waals surface area contributed by atoms with Gasteiger partial charge in [0.15, 0.2) is 0 Å². The lowest BCUT2D eigenvalue weighted by atomic mass is 9.90. The van der Waals surface area contributed by atoms with Gasteiger partial charge in [-0.2, -0.15) is 0 Å². The molecule has 1 saturated carbocycles. The minimum absolute atomic E-state index is 0.178. The highest BCUT2D eigenvalue weighted by molar-refractivity contribution is 7.99. The highest BCUT2D eigenvalue weighted by Gasteiger charge is 2.42. The van der Waals surface area contributed by atoms with E-state index in [2.05, 4.69) is 30.3 Å². The molecule has 0 radical (unpaired) electrons. The summed E-state index contributed by atoms with van der Waals surface area (Å²) in [4.78, 5) is 29.2. The van der Waals surface area contributed by atoms with E-state index in [0.717, 1.165) is 50.9 Å². The summed E-state index contributed by atoms with van der Waals surface area (Å²) in [7, 11) is 0. The van der Waals surface area contributed by atoms with Gasteiger partial charge >= 0.3 is 0 Å². The number of carbonyl (C=O) groups is 2. The predicted octanol–water partition coefficient (Wildman–Crippen LogP) is 2.78. The number of nitrogens with zero attached hydrogens (tertiary/aromatic N) is 2. The molecule has 4 rings (SSSR count). The van der Waals surface area contributed by atoms with E-state index in [1.165, 1.54) is 5.56 Å². The average molecular weight is 359 g/mol. The summed E-state index contributed by atoms with van der Waals surface area (Å²) in [5.41, 5.74) is 1.39. The first-order valence-electron chi connectivity index (χ1n) is 9.43. The molecule has 134 valence electrons. The number of hydrogen-bond donors (Lipinski definition) is 0. The van der Waals surface area contributed by atoms with Crippen molar-refractivity contribution in [2.45, 2.75) is 38.1 Å². The second-order valence-corrected chi connectivity index (χ2v) is 8.56. The zero-order valence-corrected chi connectivity index (χ0v) is 15.4. The molecule has 3 fully saturated rings. The second kappa shape index (κ2) is 7.40. The van der Waals surface area contributed by atoms with Crippen LogP contribution in [0.3, 0.4) is 0 Å². The van der Waals surface area contributed by atoms with Gasteiger partial charge in [-0.1, -0.05) is 30.3 Å². The Morgan fingerprint density at radius 3 is 2.40 bits per heavy atom.